The topological polar surface area (TPSA) is 61.4 Å². The molecule has 0 radical (unpaired) electrons. The lowest BCUT2D eigenvalue weighted by Crippen LogP contribution is -2.34. The number of nitrogens with one attached hydrogen (secondary N) is 2. The average Bonchev–Trinajstić information content (AvgIpc) is 2.99. The highest BCUT2D eigenvalue weighted by Crippen LogP contribution is 2.25. The average molecular weight is 367 g/mol. The van der Waals surface area contributed by atoms with Gasteiger partial charge in [-0.05, 0) is 23.3 Å². The van der Waals surface area contributed by atoms with Crippen LogP contribution in [0.3, 0.4) is 0 Å². The molecule has 0 saturated carbocycles. The van der Waals surface area contributed by atoms with Crippen molar-refractivity contribution in [2.24, 2.45) is 5.92 Å². The van der Waals surface area contributed by atoms with Gasteiger partial charge in [-0.3, -0.25) is 4.79 Å². The molecule has 2 aromatic rings. The molecule has 1 amide bonds. The molecule has 128 valence electrons. The first-order chi connectivity index (χ1) is 11.1. The molecule has 1 saturated heterocycles. The summed E-state index contributed by atoms with van der Waals surface area (Å²) in [6, 6.07) is 15.3. The highest BCUT2D eigenvalue weighted by Gasteiger charge is 2.25. The fourth-order valence-corrected chi connectivity index (χ4v) is 2.96. The van der Waals surface area contributed by atoms with Gasteiger partial charge in [0.05, 0.1) is 16.7 Å². The Balaban J connectivity index is 0.00000208. The van der Waals surface area contributed by atoms with Gasteiger partial charge in [0.15, 0.2) is 0 Å². The monoisotopic (exact) mass is 366 g/mol. The molecule has 0 aliphatic carbocycles. The van der Waals surface area contributed by atoms with E-state index in [0.717, 1.165) is 11.1 Å². The van der Waals surface area contributed by atoms with E-state index < -0.39 is 6.10 Å². The van der Waals surface area contributed by atoms with Crippen LogP contribution in [0.25, 0.3) is 11.1 Å². The lowest BCUT2D eigenvalue weighted by molar-refractivity contribution is 0.0927. The summed E-state index contributed by atoms with van der Waals surface area (Å²) in [4.78, 5) is 12.4. The van der Waals surface area contributed by atoms with Gasteiger partial charge in [-0.1, -0.05) is 48.0 Å². The quantitative estimate of drug-likeness (QED) is 0.779. The molecule has 3 N–H and O–H groups in total. The lowest BCUT2D eigenvalue weighted by atomic mass is 10.0. The van der Waals surface area contributed by atoms with Crippen LogP contribution in [0.4, 0.5) is 0 Å². The Labute approximate surface area is 152 Å². The third kappa shape index (κ3) is 4.28. The molecule has 1 fully saturated rings. The third-order valence-corrected chi connectivity index (χ3v) is 4.48. The van der Waals surface area contributed by atoms with E-state index in [4.69, 9.17) is 11.6 Å². The molecule has 6 heteroatoms. The Bertz CT molecular complexity index is 695. The number of aliphatic hydroxyl groups is 1. The normalized spacial score (nSPS) is 19.6. The van der Waals surface area contributed by atoms with E-state index in [9.17, 15) is 9.90 Å². The molecule has 1 aliphatic rings. The lowest BCUT2D eigenvalue weighted by Gasteiger charge is -2.15. The van der Waals surface area contributed by atoms with Crippen LogP contribution in [-0.2, 0) is 0 Å². The molecule has 0 spiro atoms. The second-order valence-corrected chi connectivity index (χ2v) is 6.16. The van der Waals surface area contributed by atoms with Crippen LogP contribution in [0.1, 0.15) is 10.4 Å². The Morgan fingerprint density at radius 3 is 2.58 bits per heavy atom. The second kappa shape index (κ2) is 8.49. The van der Waals surface area contributed by atoms with E-state index in [2.05, 4.69) is 10.6 Å². The minimum atomic E-state index is -0.415. The molecule has 24 heavy (non-hydrogen) atoms. The zero-order valence-electron chi connectivity index (χ0n) is 13.0. The number of β-amino-alcohol motifs (C(OH)–C–C–N with tert-alkyl or cyclic N) is 1. The van der Waals surface area contributed by atoms with Gasteiger partial charge in [-0.2, -0.15) is 0 Å². The molecule has 2 atom stereocenters. The van der Waals surface area contributed by atoms with Crippen LogP contribution in [0.5, 0.6) is 0 Å². The van der Waals surface area contributed by atoms with Crippen molar-refractivity contribution in [3.8, 4) is 11.1 Å². The van der Waals surface area contributed by atoms with Gasteiger partial charge in [0.1, 0.15) is 0 Å². The molecule has 1 aliphatic heterocycles. The summed E-state index contributed by atoms with van der Waals surface area (Å²) in [5.74, 6) is -0.179. The zero-order valence-corrected chi connectivity index (χ0v) is 14.6. The van der Waals surface area contributed by atoms with Crippen molar-refractivity contribution < 1.29 is 9.90 Å². The Morgan fingerprint density at radius 1 is 1.17 bits per heavy atom. The number of rotatable bonds is 4. The number of halogens is 2. The van der Waals surface area contributed by atoms with Crippen molar-refractivity contribution in [3.05, 3.63) is 59.1 Å². The van der Waals surface area contributed by atoms with Crippen LogP contribution in [-0.4, -0.2) is 36.8 Å². The summed E-state index contributed by atoms with van der Waals surface area (Å²) in [6.45, 7) is 1.71. The van der Waals surface area contributed by atoms with Crippen molar-refractivity contribution in [1.29, 1.82) is 0 Å². The number of hydrogen-bond donors (Lipinski definition) is 3. The number of hydrogen-bond acceptors (Lipinski definition) is 3. The maximum atomic E-state index is 12.4. The van der Waals surface area contributed by atoms with Crippen molar-refractivity contribution in [2.45, 2.75) is 6.10 Å². The van der Waals surface area contributed by atoms with Crippen LogP contribution < -0.4 is 10.6 Å². The van der Waals surface area contributed by atoms with Gasteiger partial charge in [0.25, 0.3) is 5.91 Å². The number of carbonyl (C=O) groups is 1. The second-order valence-electron chi connectivity index (χ2n) is 5.76. The van der Waals surface area contributed by atoms with E-state index >= 15 is 0 Å². The van der Waals surface area contributed by atoms with Gasteiger partial charge in [-0.25, -0.2) is 0 Å². The minimum Gasteiger partial charge on any atom is -0.391 e. The third-order valence-electron chi connectivity index (χ3n) is 4.15. The summed E-state index contributed by atoms with van der Waals surface area (Å²) in [5, 5.41) is 16.2. The highest BCUT2D eigenvalue weighted by molar-refractivity contribution is 6.34. The minimum absolute atomic E-state index is 0. The van der Waals surface area contributed by atoms with E-state index in [1.54, 1.807) is 12.1 Å². The first-order valence-electron chi connectivity index (χ1n) is 7.67. The predicted octanol–water partition coefficient (Wildman–Crippen LogP) is 2.74. The van der Waals surface area contributed by atoms with Crippen LogP contribution >= 0.6 is 24.0 Å². The van der Waals surface area contributed by atoms with Crippen molar-refractivity contribution in [1.82, 2.24) is 10.6 Å². The maximum absolute atomic E-state index is 12.4. The Hall–Kier alpha value is -1.59. The fraction of sp³-hybridized carbons (Fsp3) is 0.278. The fourth-order valence-electron chi connectivity index (χ4n) is 2.76. The van der Waals surface area contributed by atoms with Gasteiger partial charge in [0, 0.05) is 25.6 Å². The molecule has 3 rings (SSSR count). The first-order valence-corrected chi connectivity index (χ1v) is 8.05. The van der Waals surface area contributed by atoms with E-state index in [-0.39, 0.29) is 24.2 Å². The standard InChI is InChI=1S/C18H19ClN2O2.ClH/c19-16-7-6-13(12-4-2-1-3-5-12)8-15(16)18(23)21-10-14-9-20-11-17(14)22;/h1-8,14,17,20,22H,9-11H2,(H,21,23);1H. The SMILES string of the molecule is Cl.O=C(NCC1CNCC1O)c1cc(-c2ccccc2)ccc1Cl. The molecule has 0 bridgehead atoms. The van der Waals surface area contributed by atoms with Crippen LogP contribution in [0, 0.1) is 5.92 Å². The number of benzene rings is 2. The van der Waals surface area contributed by atoms with Gasteiger partial charge >= 0.3 is 0 Å². The van der Waals surface area contributed by atoms with Crippen molar-refractivity contribution >= 4 is 29.9 Å². The molecule has 2 unspecified atom stereocenters. The summed E-state index contributed by atoms with van der Waals surface area (Å²) in [5.41, 5.74) is 2.44. The molecular formula is C18H20Cl2N2O2. The molecular weight excluding hydrogens is 347 g/mol. The Kier molecular flexibility index (Phi) is 6.63. The van der Waals surface area contributed by atoms with Gasteiger partial charge in [-0.15, -0.1) is 12.4 Å². The summed E-state index contributed by atoms with van der Waals surface area (Å²) in [6.07, 6.45) is -0.415. The van der Waals surface area contributed by atoms with Crippen molar-refractivity contribution in [3.63, 3.8) is 0 Å². The van der Waals surface area contributed by atoms with Crippen LogP contribution in [0.2, 0.25) is 5.02 Å². The molecule has 2 aromatic carbocycles. The smallest absolute Gasteiger partial charge is 0.252 e. The van der Waals surface area contributed by atoms with Crippen molar-refractivity contribution in [2.75, 3.05) is 19.6 Å². The van der Waals surface area contributed by atoms with Gasteiger partial charge in [0.2, 0.25) is 0 Å². The number of aliphatic hydroxyl groups excluding tert-OH is 1. The predicted molar refractivity (Wildman–Crippen MR) is 98.8 cm³/mol. The number of carbonyl (C=O) groups excluding carboxylic acids is 1. The summed E-state index contributed by atoms with van der Waals surface area (Å²) >= 11 is 6.18. The van der Waals surface area contributed by atoms with E-state index in [0.29, 0.717) is 30.2 Å². The molecule has 4 nitrogen and oxygen atoms in total. The van der Waals surface area contributed by atoms with E-state index in [1.807, 2.05) is 36.4 Å². The first kappa shape index (κ1) is 18.7. The highest BCUT2D eigenvalue weighted by atomic mass is 35.5. The molecule has 1 heterocycles. The summed E-state index contributed by atoms with van der Waals surface area (Å²) in [7, 11) is 0. The van der Waals surface area contributed by atoms with Gasteiger partial charge < -0.3 is 15.7 Å². The number of amides is 1. The van der Waals surface area contributed by atoms with Crippen LogP contribution in [0.15, 0.2) is 48.5 Å². The Morgan fingerprint density at radius 2 is 1.92 bits per heavy atom. The molecule has 0 aromatic heterocycles. The summed E-state index contributed by atoms with van der Waals surface area (Å²) < 4.78 is 0. The zero-order chi connectivity index (χ0) is 16.2. The largest absolute Gasteiger partial charge is 0.391 e. The maximum Gasteiger partial charge on any atom is 0.252 e. The van der Waals surface area contributed by atoms with E-state index in [1.165, 1.54) is 0 Å².